The van der Waals surface area contributed by atoms with Crippen molar-refractivity contribution in [3.05, 3.63) is 0 Å². The van der Waals surface area contributed by atoms with Crippen LogP contribution in [0.3, 0.4) is 0 Å². The maximum atomic E-state index is 11.8. The van der Waals surface area contributed by atoms with Crippen molar-refractivity contribution in [2.75, 3.05) is 19.7 Å². The van der Waals surface area contributed by atoms with Gasteiger partial charge in [0, 0.05) is 18.6 Å². The zero-order valence-corrected chi connectivity index (χ0v) is 11.1. The predicted molar refractivity (Wildman–Crippen MR) is 68.8 cm³/mol. The minimum absolute atomic E-state index is 0.120. The summed E-state index contributed by atoms with van der Waals surface area (Å²) in [5.41, 5.74) is -0.250. The number of hydrogen-bond acceptors (Lipinski definition) is 3. The van der Waals surface area contributed by atoms with E-state index in [9.17, 15) is 4.79 Å². The number of nitrogens with one attached hydrogen (secondary N) is 2. The molecule has 4 heteroatoms. The molecule has 3 N–H and O–H groups in total. The van der Waals surface area contributed by atoms with Gasteiger partial charge in [-0.2, -0.15) is 0 Å². The van der Waals surface area contributed by atoms with E-state index < -0.39 is 0 Å². The van der Waals surface area contributed by atoms with Crippen LogP contribution in [0.4, 0.5) is 0 Å². The summed E-state index contributed by atoms with van der Waals surface area (Å²) >= 11 is 0. The summed E-state index contributed by atoms with van der Waals surface area (Å²) in [6.45, 7) is 6.30. The van der Waals surface area contributed by atoms with E-state index in [0.717, 1.165) is 25.9 Å². The average molecular weight is 242 g/mol. The Morgan fingerprint density at radius 2 is 2.35 bits per heavy atom. The van der Waals surface area contributed by atoms with Crippen molar-refractivity contribution >= 4 is 5.91 Å². The van der Waals surface area contributed by atoms with E-state index in [1.165, 1.54) is 6.42 Å². The van der Waals surface area contributed by atoms with Gasteiger partial charge in [-0.25, -0.2) is 0 Å². The number of carbonyl (C=O) groups excluding carboxylic acids is 1. The highest BCUT2D eigenvalue weighted by atomic mass is 16.3. The van der Waals surface area contributed by atoms with Crippen LogP contribution in [0.1, 0.15) is 46.0 Å². The van der Waals surface area contributed by atoms with Gasteiger partial charge in [0.25, 0.3) is 0 Å². The lowest BCUT2D eigenvalue weighted by molar-refractivity contribution is -0.123. The Hall–Kier alpha value is -0.610. The van der Waals surface area contributed by atoms with Gasteiger partial charge in [-0.05, 0) is 51.6 Å². The lowest BCUT2D eigenvalue weighted by atomic mass is 9.94. The smallest absolute Gasteiger partial charge is 0.220 e. The molecular formula is C13H26N2O2. The van der Waals surface area contributed by atoms with Crippen LogP contribution in [-0.4, -0.2) is 36.2 Å². The third-order valence-corrected chi connectivity index (χ3v) is 3.83. The molecule has 1 fully saturated rings. The highest BCUT2D eigenvalue weighted by molar-refractivity contribution is 5.76. The zero-order valence-electron chi connectivity index (χ0n) is 11.1. The molecule has 1 rings (SSSR count). The molecule has 1 heterocycles. The Bertz CT molecular complexity index is 240. The van der Waals surface area contributed by atoms with Crippen LogP contribution in [-0.2, 0) is 4.79 Å². The summed E-state index contributed by atoms with van der Waals surface area (Å²) in [4.78, 5) is 11.8. The van der Waals surface area contributed by atoms with E-state index >= 15 is 0 Å². The maximum absolute atomic E-state index is 11.8. The van der Waals surface area contributed by atoms with Gasteiger partial charge in [0.1, 0.15) is 0 Å². The van der Waals surface area contributed by atoms with Crippen molar-refractivity contribution < 1.29 is 9.90 Å². The van der Waals surface area contributed by atoms with E-state index in [1.807, 2.05) is 13.8 Å². The topological polar surface area (TPSA) is 61.4 Å². The quantitative estimate of drug-likeness (QED) is 0.625. The number of aliphatic hydroxyl groups excluding tert-OH is 1. The highest BCUT2D eigenvalue weighted by Crippen LogP contribution is 2.17. The number of hydrogen-bond donors (Lipinski definition) is 3. The second kappa shape index (κ2) is 6.97. The molecule has 1 aliphatic rings. The Morgan fingerprint density at radius 1 is 1.59 bits per heavy atom. The molecule has 0 aromatic rings. The van der Waals surface area contributed by atoms with Gasteiger partial charge in [-0.3, -0.25) is 4.79 Å². The van der Waals surface area contributed by atoms with Crippen molar-refractivity contribution in [3.63, 3.8) is 0 Å². The molecule has 0 spiro atoms. The largest absolute Gasteiger partial charge is 0.396 e. The first kappa shape index (κ1) is 14.5. The monoisotopic (exact) mass is 242 g/mol. The summed E-state index contributed by atoms with van der Waals surface area (Å²) < 4.78 is 0. The van der Waals surface area contributed by atoms with Crippen molar-refractivity contribution in [2.24, 2.45) is 5.92 Å². The fraction of sp³-hybridized carbons (Fsp3) is 0.923. The van der Waals surface area contributed by atoms with E-state index in [0.29, 0.717) is 18.8 Å². The number of aliphatic hydroxyl groups is 1. The minimum Gasteiger partial charge on any atom is -0.396 e. The molecule has 0 aromatic carbocycles. The standard InChI is InChI=1S/C13H26N2O2/c1-3-13(2,7-9-16)15-12(17)5-4-11-6-8-14-10-11/h11,14,16H,3-10H2,1-2H3,(H,15,17). The van der Waals surface area contributed by atoms with Gasteiger partial charge >= 0.3 is 0 Å². The summed E-state index contributed by atoms with van der Waals surface area (Å²) in [5.74, 6) is 0.779. The zero-order chi connectivity index (χ0) is 12.7. The fourth-order valence-corrected chi connectivity index (χ4v) is 2.27. The molecule has 0 aromatic heterocycles. The van der Waals surface area contributed by atoms with E-state index in [2.05, 4.69) is 10.6 Å². The van der Waals surface area contributed by atoms with Crippen molar-refractivity contribution in [1.82, 2.24) is 10.6 Å². The van der Waals surface area contributed by atoms with Crippen LogP contribution in [0.15, 0.2) is 0 Å². The SMILES string of the molecule is CCC(C)(CCO)NC(=O)CCC1CCNC1. The minimum atomic E-state index is -0.250. The van der Waals surface area contributed by atoms with Gasteiger partial charge in [-0.1, -0.05) is 6.92 Å². The van der Waals surface area contributed by atoms with E-state index in [-0.39, 0.29) is 18.1 Å². The summed E-state index contributed by atoms with van der Waals surface area (Å²) in [5, 5.41) is 15.3. The molecule has 1 aliphatic heterocycles. The molecule has 0 bridgehead atoms. The average Bonchev–Trinajstić information content (AvgIpc) is 2.79. The molecule has 2 atom stereocenters. The fourth-order valence-electron chi connectivity index (χ4n) is 2.27. The van der Waals surface area contributed by atoms with Crippen LogP contribution in [0, 0.1) is 5.92 Å². The Labute approximate surface area is 104 Å². The van der Waals surface area contributed by atoms with Gasteiger partial charge in [-0.15, -0.1) is 0 Å². The van der Waals surface area contributed by atoms with Gasteiger partial charge in [0.05, 0.1) is 0 Å². The second-order valence-electron chi connectivity index (χ2n) is 5.33. The first-order chi connectivity index (χ1) is 8.09. The third kappa shape index (κ3) is 5.04. The van der Waals surface area contributed by atoms with Crippen LogP contribution in [0.5, 0.6) is 0 Å². The first-order valence-electron chi connectivity index (χ1n) is 6.72. The Morgan fingerprint density at radius 3 is 2.88 bits per heavy atom. The van der Waals surface area contributed by atoms with Crippen molar-refractivity contribution in [3.8, 4) is 0 Å². The molecule has 1 saturated heterocycles. The molecule has 0 radical (unpaired) electrons. The normalized spacial score (nSPS) is 23.4. The van der Waals surface area contributed by atoms with Crippen LogP contribution < -0.4 is 10.6 Å². The van der Waals surface area contributed by atoms with Crippen LogP contribution in [0.25, 0.3) is 0 Å². The lowest BCUT2D eigenvalue weighted by Gasteiger charge is -2.29. The molecule has 4 nitrogen and oxygen atoms in total. The summed E-state index contributed by atoms with van der Waals surface area (Å²) in [6, 6.07) is 0. The number of carbonyl (C=O) groups is 1. The Balaban J connectivity index is 2.26. The molecule has 0 aliphatic carbocycles. The first-order valence-corrected chi connectivity index (χ1v) is 6.72. The predicted octanol–water partition coefficient (Wildman–Crippen LogP) is 1.04. The van der Waals surface area contributed by atoms with Crippen LogP contribution in [0.2, 0.25) is 0 Å². The van der Waals surface area contributed by atoms with Gasteiger partial charge in [0.15, 0.2) is 0 Å². The van der Waals surface area contributed by atoms with Crippen molar-refractivity contribution in [1.29, 1.82) is 0 Å². The number of rotatable bonds is 7. The van der Waals surface area contributed by atoms with Crippen molar-refractivity contribution in [2.45, 2.75) is 51.5 Å². The summed E-state index contributed by atoms with van der Waals surface area (Å²) in [7, 11) is 0. The van der Waals surface area contributed by atoms with E-state index in [1.54, 1.807) is 0 Å². The molecule has 17 heavy (non-hydrogen) atoms. The molecule has 100 valence electrons. The third-order valence-electron chi connectivity index (χ3n) is 3.83. The van der Waals surface area contributed by atoms with Gasteiger partial charge in [0.2, 0.25) is 5.91 Å². The maximum Gasteiger partial charge on any atom is 0.220 e. The van der Waals surface area contributed by atoms with E-state index in [4.69, 9.17) is 5.11 Å². The summed E-state index contributed by atoms with van der Waals surface area (Å²) in [6.07, 6.45) is 4.24. The van der Waals surface area contributed by atoms with Crippen LogP contribution >= 0.6 is 0 Å². The molecule has 2 unspecified atom stereocenters. The molecule has 1 amide bonds. The Kier molecular flexibility index (Phi) is 5.92. The molecular weight excluding hydrogens is 216 g/mol. The number of amides is 1. The second-order valence-corrected chi connectivity index (χ2v) is 5.33. The lowest BCUT2D eigenvalue weighted by Crippen LogP contribution is -2.46. The highest BCUT2D eigenvalue weighted by Gasteiger charge is 2.24. The molecule has 0 saturated carbocycles. The van der Waals surface area contributed by atoms with Gasteiger partial charge < -0.3 is 15.7 Å².